The lowest BCUT2D eigenvalue weighted by molar-refractivity contribution is 0.0948. The molecular formula is C15H18N2O2. The van der Waals surface area contributed by atoms with Gasteiger partial charge in [-0.05, 0) is 49.7 Å². The third-order valence-corrected chi connectivity index (χ3v) is 2.87. The van der Waals surface area contributed by atoms with E-state index in [0.29, 0.717) is 18.7 Å². The number of carbonyl (C=O) groups is 1. The average molecular weight is 258 g/mol. The third-order valence-electron chi connectivity index (χ3n) is 2.87. The molecule has 0 fully saturated rings. The normalized spacial score (nSPS) is 10.4. The smallest absolute Gasteiger partial charge is 0.251 e. The molecule has 0 aliphatic carbocycles. The second-order valence-corrected chi connectivity index (χ2v) is 4.43. The monoisotopic (exact) mass is 258 g/mol. The quantitative estimate of drug-likeness (QED) is 0.862. The van der Waals surface area contributed by atoms with Gasteiger partial charge in [-0.15, -0.1) is 0 Å². The van der Waals surface area contributed by atoms with Crippen LogP contribution in [0.1, 0.15) is 27.4 Å². The fourth-order valence-corrected chi connectivity index (χ4v) is 1.84. The van der Waals surface area contributed by atoms with Gasteiger partial charge in [0.1, 0.15) is 11.5 Å². The van der Waals surface area contributed by atoms with Crippen LogP contribution in [0.25, 0.3) is 0 Å². The van der Waals surface area contributed by atoms with Crippen LogP contribution in [0.2, 0.25) is 0 Å². The Labute approximate surface area is 112 Å². The first-order valence-electron chi connectivity index (χ1n) is 6.31. The van der Waals surface area contributed by atoms with Crippen molar-refractivity contribution >= 4 is 5.91 Å². The molecule has 0 aliphatic rings. The number of amides is 1. The van der Waals surface area contributed by atoms with Crippen molar-refractivity contribution in [3.63, 3.8) is 0 Å². The van der Waals surface area contributed by atoms with Crippen LogP contribution in [-0.4, -0.2) is 12.5 Å². The highest BCUT2D eigenvalue weighted by Crippen LogP contribution is 2.07. The Balaban J connectivity index is 1.92. The Kier molecular flexibility index (Phi) is 4.36. The lowest BCUT2D eigenvalue weighted by Crippen LogP contribution is -2.22. The van der Waals surface area contributed by atoms with E-state index in [1.54, 1.807) is 0 Å². The standard InChI is InChI=1S/C15H18N2O2/c1-11-2-7-14(19-11)10-17-15(18)13-5-3-12(4-6-13)8-9-16/h2-7H,8-10,16H2,1H3,(H,17,18). The van der Waals surface area contributed by atoms with Crippen LogP contribution in [0.3, 0.4) is 0 Å². The SMILES string of the molecule is Cc1ccc(CNC(=O)c2ccc(CCN)cc2)o1. The van der Waals surface area contributed by atoms with Crippen molar-refractivity contribution in [2.24, 2.45) is 5.73 Å². The van der Waals surface area contributed by atoms with E-state index in [0.717, 1.165) is 23.5 Å². The van der Waals surface area contributed by atoms with Crippen LogP contribution in [0, 0.1) is 6.92 Å². The molecule has 0 saturated heterocycles. The van der Waals surface area contributed by atoms with E-state index >= 15 is 0 Å². The molecule has 4 nitrogen and oxygen atoms in total. The van der Waals surface area contributed by atoms with Crippen molar-refractivity contribution in [1.29, 1.82) is 0 Å². The maximum Gasteiger partial charge on any atom is 0.251 e. The lowest BCUT2D eigenvalue weighted by atomic mass is 10.1. The van der Waals surface area contributed by atoms with Crippen LogP contribution in [0.5, 0.6) is 0 Å². The minimum absolute atomic E-state index is 0.103. The minimum Gasteiger partial charge on any atom is -0.465 e. The van der Waals surface area contributed by atoms with E-state index in [4.69, 9.17) is 10.2 Å². The Morgan fingerprint density at radius 1 is 1.21 bits per heavy atom. The number of nitrogens with two attached hydrogens (primary N) is 1. The van der Waals surface area contributed by atoms with E-state index in [-0.39, 0.29) is 5.91 Å². The molecule has 4 heteroatoms. The van der Waals surface area contributed by atoms with Gasteiger partial charge in [-0.1, -0.05) is 12.1 Å². The number of hydrogen-bond acceptors (Lipinski definition) is 3. The van der Waals surface area contributed by atoms with Crippen LogP contribution in [0.15, 0.2) is 40.8 Å². The molecule has 0 atom stereocenters. The Morgan fingerprint density at radius 3 is 2.53 bits per heavy atom. The fourth-order valence-electron chi connectivity index (χ4n) is 1.84. The Hall–Kier alpha value is -2.07. The summed E-state index contributed by atoms with van der Waals surface area (Å²) in [5.74, 6) is 1.49. The number of aryl methyl sites for hydroxylation is 1. The van der Waals surface area contributed by atoms with Crippen LogP contribution in [-0.2, 0) is 13.0 Å². The van der Waals surface area contributed by atoms with Gasteiger partial charge in [-0.3, -0.25) is 4.79 Å². The first-order valence-corrected chi connectivity index (χ1v) is 6.31. The molecule has 1 aromatic carbocycles. The predicted octanol–water partition coefficient (Wildman–Crippen LogP) is 2.02. The number of hydrogen-bond donors (Lipinski definition) is 2. The first-order chi connectivity index (χ1) is 9.19. The summed E-state index contributed by atoms with van der Waals surface area (Å²) in [6.45, 7) is 2.89. The molecule has 0 bridgehead atoms. The van der Waals surface area contributed by atoms with E-state index < -0.39 is 0 Å². The highest BCUT2D eigenvalue weighted by molar-refractivity contribution is 5.94. The number of benzene rings is 1. The van der Waals surface area contributed by atoms with Gasteiger partial charge in [0.15, 0.2) is 0 Å². The molecule has 0 spiro atoms. The van der Waals surface area contributed by atoms with Gasteiger partial charge in [-0.25, -0.2) is 0 Å². The molecular weight excluding hydrogens is 240 g/mol. The number of furan rings is 1. The summed E-state index contributed by atoms with van der Waals surface area (Å²) in [4.78, 5) is 11.9. The summed E-state index contributed by atoms with van der Waals surface area (Å²) < 4.78 is 5.39. The second-order valence-electron chi connectivity index (χ2n) is 4.43. The predicted molar refractivity (Wildman–Crippen MR) is 73.8 cm³/mol. The summed E-state index contributed by atoms with van der Waals surface area (Å²) in [5, 5.41) is 2.82. The summed E-state index contributed by atoms with van der Waals surface area (Å²) in [6, 6.07) is 11.2. The van der Waals surface area contributed by atoms with Crippen molar-refractivity contribution in [1.82, 2.24) is 5.32 Å². The minimum atomic E-state index is -0.103. The van der Waals surface area contributed by atoms with Gasteiger partial charge >= 0.3 is 0 Å². The third kappa shape index (κ3) is 3.69. The van der Waals surface area contributed by atoms with E-state index in [2.05, 4.69) is 5.32 Å². The first kappa shape index (κ1) is 13.4. The van der Waals surface area contributed by atoms with Gasteiger partial charge in [0, 0.05) is 5.56 Å². The summed E-state index contributed by atoms with van der Waals surface area (Å²) >= 11 is 0. The van der Waals surface area contributed by atoms with E-state index in [1.165, 1.54) is 0 Å². The molecule has 1 heterocycles. The Bertz CT molecular complexity index is 544. The van der Waals surface area contributed by atoms with Crippen molar-refractivity contribution < 1.29 is 9.21 Å². The summed E-state index contributed by atoms with van der Waals surface area (Å²) in [7, 11) is 0. The second kappa shape index (κ2) is 6.20. The molecule has 3 N–H and O–H groups in total. The van der Waals surface area contributed by atoms with E-state index in [1.807, 2.05) is 43.3 Å². The molecule has 1 amide bonds. The zero-order valence-electron chi connectivity index (χ0n) is 11.0. The molecule has 100 valence electrons. The maximum atomic E-state index is 11.9. The molecule has 0 unspecified atom stereocenters. The number of rotatable bonds is 5. The topological polar surface area (TPSA) is 68.3 Å². The number of carbonyl (C=O) groups excluding carboxylic acids is 1. The van der Waals surface area contributed by atoms with Gasteiger partial charge in [0.2, 0.25) is 0 Å². The molecule has 0 aliphatic heterocycles. The van der Waals surface area contributed by atoms with Crippen molar-refractivity contribution in [3.05, 3.63) is 59.0 Å². The van der Waals surface area contributed by atoms with Crippen molar-refractivity contribution in [2.75, 3.05) is 6.54 Å². The Morgan fingerprint density at radius 2 is 1.95 bits per heavy atom. The molecule has 1 aromatic heterocycles. The summed E-state index contributed by atoms with van der Waals surface area (Å²) in [5.41, 5.74) is 7.26. The van der Waals surface area contributed by atoms with Gasteiger partial charge in [0.05, 0.1) is 6.54 Å². The molecule has 0 radical (unpaired) electrons. The number of nitrogens with one attached hydrogen (secondary N) is 1. The lowest BCUT2D eigenvalue weighted by Gasteiger charge is -2.04. The zero-order valence-corrected chi connectivity index (χ0v) is 11.0. The molecule has 2 aromatic rings. The van der Waals surface area contributed by atoms with Crippen LogP contribution in [0.4, 0.5) is 0 Å². The molecule has 0 saturated carbocycles. The largest absolute Gasteiger partial charge is 0.465 e. The van der Waals surface area contributed by atoms with Gasteiger partial charge in [-0.2, -0.15) is 0 Å². The van der Waals surface area contributed by atoms with Crippen molar-refractivity contribution in [3.8, 4) is 0 Å². The van der Waals surface area contributed by atoms with Gasteiger partial charge < -0.3 is 15.5 Å². The van der Waals surface area contributed by atoms with Gasteiger partial charge in [0.25, 0.3) is 5.91 Å². The van der Waals surface area contributed by atoms with E-state index in [9.17, 15) is 4.79 Å². The molecule has 2 rings (SSSR count). The molecule has 19 heavy (non-hydrogen) atoms. The maximum absolute atomic E-state index is 11.9. The highest BCUT2D eigenvalue weighted by Gasteiger charge is 2.06. The fraction of sp³-hybridized carbons (Fsp3) is 0.267. The average Bonchev–Trinajstić information content (AvgIpc) is 2.83. The van der Waals surface area contributed by atoms with Crippen molar-refractivity contribution in [2.45, 2.75) is 19.9 Å². The zero-order chi connectivity index (χ0) is 13.7. The summed E-state index contributed by atoms with van der Waals surface area (Å²) in [6.07, 6.45) is 0.827. The van der Waals surface area contributed by atoms with Crippen LogP contribution < -0.4 is 11.1 Å². The van der Waals surface area contributed by atoms with Crippen LogP contribution >= 0.6 is 0 Å². The highest BCUT2D eigenvalue weighted by atomic mass is 16.3.